The van der Waals surface area contributed by atoms with E-state index in [0.29, 0.717) is 24.8 Å². The zero-order valence-corrected chi connectivity index (χ0v) is 14.9. The molecule has 0 aromatic heterocycles. The molecule has 3 N–H and O–H groups in total. The van der Waals surface area contributed by atoms with Crippen LogP contribution >= 0.6 is 0 Å². The Kier molecular flexibility index (Phi) is 5.20. The third kappa shape index (κ3) is 3.99. The molecule has 7 heteroatoms. The number of cyclic esters (lactones) is 1. The van der Waals surface area contributed by atoms with Crippen molar-refractivity contribution in [3.8, 4) is 11.5 Å². The van der Waals surface area contributed by atoms with E-state index in [-0.39, 0.29) is 47.7 Å². The number of ketones is 1. The third-order valence-corrected chi connectivity index (χ3v) is 5.05. The Labute approximate surface area is 151 Å². The van der Waals surface area contributed by atoms with Crippen LogP contribution in [0.15, 0.2) is 6.07 Å². The fourth-order valence-corrected chi connectivity index (χ4v) is 3.50. The number of Topliss-reactive ketones (excluding diaryl/α,β-unsaturated/α-hetero) is 1. The van der Waals surface area contributed by atoms with Crippen LogP contribution in [0.3, 0.4) is 0 Å². The van der Waals surface area contributed by atoms with E-state index < -0.39 is 23.9 Å². The topological polar surface area (TPSA) is 117 Å². The van der Waals surface area contributed by atoms with Crippen molar-refractivity contribution in [3.05, 3.63) is 22.8 Å². The molecule has 0 amide bonds. The SMILES string of the molecule is Cc1c(O)cc(O)c2c1CC(=O)CC(O)CCC1OC1C[C@@H](C)OC2=O. The smallest absolute Gasteiger partial charge is 0.342 e. The van der Waals surface area contributed by atoms with E-state index in [1.54, 1.807) is 13.8 Å². The number of esters is 1. The Morgan fingerprint density at radius 1 is 1.12 bits per heavy atom. The number of phenolic OH excluding ortho intramolecular Hbond substituents is 2. The van der Waals surface area contributed by atoms with Crippen LogP contribution in [-0.4, -0.2) is 51.5 Å². The predicted octanol–water partition coefficient (Wildman–Crippen LogP) is 1.77. The summed E-state index contributed by atoms with van der Waals surface area (Å²) in [6, 6.07) is 1.07. The minimum atomic E-state index is -0.783. The Balaban J connectivity index is 1.95. The zero-order chi connectivity index (χ0) is 19.0. The molecule has 0 radical (unpaired) electrons. The fourth-order valence-electron chi connectivity index (χ4n) is 3.50. The summed E-state index contributed by atoms with van der Waals surface area (Å²) in [7, 11) is 0. The van der Waals surface area contributed by atoms with Crippen molar-refractivity contribution in [1.29, 1.82) is 0 Å². The highest BCUT2D eigenvalue weighted by molar-refractivity contribution is 5.97. The third-order valence-electron chi connectivity index (χ3n) is 5.05. The zero-order valence-electron chi connectivity index (χ0n) is 14.9. The fraction of sp³-hybridized carbons (Fsp3) is 0.579. The number of hydrogen-bond donors (Lipinski definition) is 3. The minimum Gasteiger partial charge on any atom is -0.508 e. The van der Waals surface area contributed by atoms with Crippen molar-refractivity contribution >= 4 is 11.8 Å². The van der Waals surface area contributed by atoms with Gasteiger partial charge in [0.05, 0.1) is 18.3 Å². The van der Waals surface area contributed by atoms with Gasteiger partial charge < -0.3 is 24.8 Å². The van der Waals surface area contributed by atoms with Crippen LogP contribution in [-0.2, 0) is 20.7 Å². The van der Waals surface area contributed by atoms with Gasteiger partial charge in [0.2, 0.25) is 0 Å². The first-order chi connectivity index (χ1) is 12.3. The average molecular weight is 364 g/mol. The largest absolute Gasteiger partial charge is 0.508 e. The van der Waals surface area contributed by atoms with E-state index in [0.717, 1.165) is 6.07 Å². The minimum absolute atomic E-state index is 0.0173. The molecule has 2 aliphatic heterocycles. The number of phenols is 2. The molecule has 0 spiro atoms. The van der Waals surface area contributed by atoms with Crippen molar-refractivity contribution in [2.75, 3.05) is 0 Å². The molecule has 4 atom stereocenters. The normalized spacial score (nSPS) is 30.0. The molecule has 1 saturated heterocycles. The lowest BCUT2D eigenvalue weighted by molar-refractivity contribution is -0.120. The first kappa shape index (κ1) is 18.7. The number of aromatic hydroxyl groups is 2. The molecule has 1 fully saturated rings. The summed E-state index contributed by atoms with van der Waals surface area (Å²) in [6.45, 7) is 3.31. The summed E-state index contributed by atoms with van der Waals surface area (Å²) in [5, 5.41) is 30.2. The lowest BCUT2D eigenvalue weighted by Gasteiger charge is -2.18. The van der Waals surface area contributed by atoms with E-state index in [9.17, 15) is 24.9 Å². The molecular formula is C19H24O7. The molecular weight excluding hydrogens is 340 g/mol. The highest BCUT2D eigenvalue weighted by atomic mass is 16.6. The van der Waals surface area contributed by atoms with Crippen LogP contribution in [0.2, 0.25) is 0 Å². The number of aliphatic hydroxyl groups is 1. The predicted molar refractivity (Wildman–Crippen MR) is 91.2 cm³/mol. The van der Waals surface area contributed by atoms with Crippen LogP contribution < -0.4 is 0 Å². The summed E-state index contributed by atoms with van der Waals surface area (Å²) in [4.78, 5) is 25.0. The molecule has 1 aromatic carbocycles. The van der Waals surface area contributed by atoms with Crippen molar-refractivity contribution in [2.24, 2.45) is 0 Å². The molecule has 26 heavy (non-hydrogen) atoms. The summed E-state index contributed by atoms with van der Waals surface area (Å²) in [5.41, 5.74) is 0.456. The molecule has 0 bridgehead atoms. The van der Waals surface area contributed by atoms with Crippen molar-refractivity contribution < 1.29 is 34.4 Å². The molecule has 3 unspecified atom stereocenters. The van der Waals surface area contributed by atoms with Gasteiger partial charge >= 0.3 is 5.97 Å². The van der Waals surface area contributed by atoms with E-state index in [2.05, 4.69) is 0 Å². The number of rotatable bonds is 0. The molecule has 2 aliphatic rings. The average Bonchev–Trinajstić information content (AvgIpc) is 3.27. The van der Waals surface area contributed by atoms with Crippen LogP contribution in [0.4, 0.5) is 0 Å². The first-order valence-corrected chi connectivity index (χ1v) is 8.86. The molecule has 3 rings (SSSR count). The lowest BCUT2D eigenvalue weighted by atomic mass is 9.93. The summed E-state index contributed by atoms with van der Waals surface area (Å²) in [5.74, 6) is -1.65. The lowest BCUT2D eigenvalue weighted by Crippen LogP contribution is -2.22. The van der Waals surface area contributed by atoms with Crippen molar-refractivity contribution in [1.82, 2.24) is 0 Å². The molecule has 142 valence electrons. The Bertz CT molecular complexity index is 727. The second kappa shape index (κ2) is 7.25. The Morgan fingerprint density at radius 3 is 2.58 bits per heavy atom. The van der Waals surface area contributed by atoms with Crippen LogP contribution in [0, 0.1) is 6.92 Å². The Morgan fingerprint density at radius 2 is 1.85 bits per heavy atom. The van der Waals surface area contributed by atoms with Gasteiger partial charge in [-0.25, -0.2) is 4.79 Å². The summed E-state index contributed by atoms with van der Waals surface area (Å²) < 4.78 is 11.0. The number of fused-ring (bicyclic) bond motifs is 2. The van der Waals surface area contributed by atoms with Crippen LogP contribution in [0.25, 0.3) is 0 Å². The standard InChI is InChI=1S/C19H24O7/c1-9-5-17-16(26-17)4-3-11(20)6-12(21)7-13-10(2)14(22)8-15(23)18(13)19(24)25-9/h8-9,11,16-17,20,22-23H,3-7H2,1-2H3/t9-,11?,16?,17?/m1/s1. The first-order valence-electron chi connectivity index (χ1n) is 8.86. The molecule has 0 aliphatic carbocycles. The van der Waals surface area contributed by atoms with Gasteiger partial charge in [-0.2, -0.15) is 0 Å². The summed E-state index contributed by atoms with van der Waals surface area (Å²) in [6.07, 6.45) is 0.178. The number of ether oxygens (including phenoxy) is 2. The van der Waals surface area contributed by atoms with Gasteiger partial charge in [0.1, 0.15) is 28.9 Å². The van der Waals surface area contributed by atoms with Gasteiger partial charge in [-0.05, 0) is 37.8 Å². The van der Waals surface area contributed by atoms with Gasteiger partial charge in [-0.3, -0.25) is 4.79 Å². The number of benzene rings is 1. The highest BCUT2D eigenvalue weighted by Gasteiger charge is 2.40. The van der Waals surface area contributed by atoms with Crippen molar-refractivity contribution in [3.63, 3.8) is 0 Å². The second-order valence-corrected chi connectivity index (χ2v) is 7.21. The Hall–Kier alpha value is -2.12. The van der Waals surface area contributed by atoms with E-state index in [4.69, 9.17) is 9.47 Å². The van der Waals surface area contributed by atoms with Gasteiger partial charge in [0.25, 0.3) is 0 Å². The van der Waals surface area contributed by atoms with E-state index in [1.165, 1.54) is 0 Å². The highest BCUT2D eigenvalue weighted by Crippen LogP contribution is 2.35. The van der Waals surface area contributed by atoms with Gasteiger partial charge in [0, 0.05) is 25.3 Å². The van der Waals surface area contributed by atoms with Gasteiger partial charge in [-0.1, -0.05) is 0 Å². The van der Waals surface area contributed by atoms with Crippen LogP contribution in [0.1, 0.15) is 54.1 Å². The maximum absolute atomic E-state index is 12.6. The maximum atomic E-state index is 12.6. The van der Waals surface area contributed by atoms with Gasteiger partial charge in [0.15, 0.2) is 0 Å². The number of epoxide rings is 1. The number of carbonyl (C=O) groups is 2. The van der Waals surface area contributed by atoms with E-state index in [1.807, 2.05) is 0 Å². The number of aliphatic hydroxyl groups excluding tert-OH is 1. The summed E-state index contributed by atoms with van der Waals surface area (Å²) >= 11 is 0. The quantitative estimate of drug-likeness (QED) is 0.474. The van der Waals surface area contributed by atoms with Gasteiger partial charge in [-0.15, -0.1) is 0 Å². The van der Waals surface area contributed by atoms with E-state index >= 15 is 0 Å². The second-order valence-electron chi connectivity index (χ2n) is 7.21. The molecule has 2 heterocycles. The van der Waals surface area contributed by atoms with Crippen LogP contribution in [0.5, 0.6) is 11.5 Å². The molecule has 0 saturated carbocycles. The number of hydrogen-bond acceptors (Lipinski definition) is 7. The van der Waals surface area contributed by atoms with Crippen molar-refractivity contribution in [2.45, 2.75) is 70.4 Å². The molecule has 1 aromatic rings. The molecule has 7 nitrogen and oxygen atoms in total. The number of carbonyl (C=O) groups excluding carboxylic acids is 2. The maximum Gasteiger partial charge on any atom is 0.342 e. The monoisotopic (exact) mass is 364 g/mol.